The average molecular weight is 568 g/mol. The van der Waals surface area contributed by atoms with E-state index in [0.29, 0.717) is 29.3 Å². The summed E-state index contributed by atoms with van der Waals surface area (Å²) in [5.74, 6) is 2.84. The number of allylic oxidation sites excluding steroid dienone is 4. The van der Waals surface area contributed by atoms with Gasteiger partial charge in [0.15, 0.2) is 11.6 Å². The molecule has 2 atom stereocenters. The number of nitrogens with zero attached hydrogens (tertiary/aromatic N) is 3. The Balaban J connectivity index is 1.17. The maximum Gasteiger partial charge on any atom is 0.163 e. The Labute approximate surface area is 259 Å². The van der Waals surface area contributed by atoms with Crippen LogP contribution in [0.25, 0.3) is 50.6 Å². The van der Waals surface area contributed by atoms with Crippen molar-refractivity contribution in [3.63, 3.8) is 0 Å². The minimum Gasteiger partial charge on any atom is -0.213 e. The molecule has 0 bridgehead atoms. The lowest BCUT2D eigenvalue weighted by molar-refractivity contribution is 0.637. The van der Waals surface area contributed by atoms with Crippen molar-refractivity contribution in [2.24, 2.45) is 5.92 Å². The highest BCUT2D eigenvalue weighted by molar-refractivity contribution is 5.79. The molecule has 212 valence electrons. The molecule has 5 aromatic carbocycles. The quantitative estimate of drug-likeness (QED) is 0.201. The van der Waals surface area contributed by atoms with Crippen LogP contribution < -0.4 is 0 Å². The van der Waals surface area contributed by atoms with Crippen LogP contribution in [0.1, 0.15) is 29.8 Å². The second kappa shape index (κ2) is 12.1. The Morgan fingerprint density at radius 1 is 0.477 bits per heavy atom. The van der Waals surface area contributed by atoms with E-state index in [0.717, 1.165) is 22.3 Å². The van der Waals surface area contributed by atoms with Gasteiger partial charge in [-0.2, -0.15) is 0 Å². The molecule has 0 saturated carbocycles. The lowest BCUT2D eigenvalue weighted by Crippen LogP contribution is -2.09. The van der Waals surface area contributed by atoms with Crippen LogP contribution in [0.3, 0.4) is 0 Å². The fraction of sp³-hybridized carbons (Fsp3) is 0.0976. The van der Waals surface area contributed by atoms with E-state index in [1.807, 2.05) is 13.0 Å². The third-order valence-electron chi connectivity index (χ3n) is 8.34. The van der Waals surface area contributed by atoms with Gasteiger partial charge in [0, 0.05) is 17.0 Å². The molecule has 7 rings (SSSR count). The summed E-state index contributed by atoms with van der Waals surface area (Å²) in [5, 5.41) is 0. The van der Waals surface area contributed by atoms with Gasteiger partial charge in [-0.05, 0) is 63.9 Å². The minimum absolute atomic E-state index is 0.342. The Morgan fingerprint density at radius 3 is 1.70 bits per heavy atom. The van der Waals surface area contributed by atoms with Crippen molar-refractivity contribution in [1.82, 2.24) is 15.0 Å². The summed E-state index contributed by atoms with van der Waals surface area (Å²) in [7, 11) is 0. The van der Waals surface area contributed by atoms with Crippen LogP contribution in [0, 0.1) is 12.8 Å². The Bertz CT molecular complexity index is 1970. The molecular weight excluding hydrogens is 534 g/mol. The van der Waals surface area contributed by atoms with E-state index in [2.05, 4.69) is 153 Å². The number of hydrogen-bond donors (Lipinski definition) is 0. The second-order valence-corrected chi connectivity index (χ2v) is 11.4. The first-order valence-corrected chi connectivity index (χ1v) is 15.2. The number of aromatic nitrogens is 3. The van der Waals surface area contributed by atoms with Gasteiger partial charge in [0.2, 0.25) is 0 Å². The predicted molar refractivity (Wildman–Crippen MR) is 182 cm³/mol. The monoisotopic (exact) mass is 567 g/mol. The lowest BCUT2D eigenvalue weighted by Gasteiger charge is -2.24. The molecular formula is C41H33N3. The number of aryl methyl sites for hydroxylation is 1. The fourth-order valence-corrected chi connectivity index (χ4v) is 5.94. The molecule has 3 heteroatoms. The topological polar surface area (TPSA) is 38.7 Å². The van der Waals surface area contributed by atoms with E-state index < -0.39 is 0 Å². The van der Waals surface area contributed by atoms with Gasteiger partial charge in [-0.3, -0.25) is 0 Å². The van der Waals surface area contributed by atoms with Crippen LogP contribution in [0.15, 0.2) is 152 Å². The molecule has 0 radical (unpaired) electrons. The van der Waals surface area contributed by atoms with Crippen LogP contribution in [0.5, 0.6) is 0 Å². The molecule has 1 heterocycles. The zero-order chi connectivity index (χ0) is 29.9. The van der Waals surface area contributed by atoms with Gasteiger partial charge in [-0.25, -0.2) is 15.0 Å². The van der Waals surface area contributed by atoms with E-state index in [-0.39, 0.29) is 0 Å². The normalized spacial score (nSPS) is 16.0. The largest absolute Gasteiger partial charge is 0.213 e. The molecule has 0 spiro atoms. The van der Waals surface area contributed by atoms with Crippen LogP contribution in [-0.2, 0) is 0 Å². The van der Waals surface area contributed by atoms with Gasteiger partial charge in [0.1, 0.15) is 5.82 Å². The predicted octanol–water partition coefficient (Wildman–Crippen LogP) is 10.2. The third-order valence-corrected chi connectivity index (χ3v) is 8.34. The van der Waals surface area contributed by atoms with Gasteiger partial charge < -0.3 is 0 Å². The minimum atomic E-state index is 0.342. The molecule has 6 aromatic rings. The second-order valence-electron chi connectivity index (χ2n) is 11.4. The van der Waals surface area contributed by atoms with Crippen molar-refractivity contribution in [3.8, 4) is 45.0 Å². The molecule has 2 unspecified atom stereocenters. The number of hydrogen-bond acceptors (Lipinski definition) is 3. The summed E-state index contributed by atoms with van der Waals surface area (Å²) in [4.78, 5) is 14.4. The Hall–Kier alpha value is -5.41. The Kier molecular flexibility index (Phi) is 7.52. The molecule has 1 aromatic heterocycles. The van der Waals surface area contributed by atoms with E-state index in [4.69, 9.17) is 15.0 Å². The van der Waals surface area contributed by atoms with Crippen LogP contribution >= 0.6 is 0 Å². The number of benzene rings is 5. The highest BCUT2D eigenvalue weighted by atomic mass is 15.0. The molecule has 0 N–H and O–H groups in total. The zero-order valence-corrected chi connectivity index (χ0v) is 24.9. The third kappa shape index (κ3) is 5.77. The smallest absolute Gasteiger partial charge is 0.163 e. The van der Waals surface area contributed by atoms with Gasteiger partial charge >= 0.3 is 0 Å². The summed E-state index contributed by atoms with van der Waals surface area (Å²) >= 11 is 0. The first-order valence-electron chi connectivity index (χ1n) is 15.2. The molecule has 0 aliphatic heterocycles. The molecule has 0 saturated heterocycles. The highest BCUT2D eigenvalue weighted by Gasteiger charge is 2.20. The maximum atomic E-state index is 4.93. The van der Waals surface area contributed by atoms with E-state index in [9.17, 15) is 0 Å². The zero-order valence-electron chi connectivity index (χ0n) is 24.9. The lowest BCUT2D eigenvalue weighted by atomic mass is 9.81. The van der Waals surface area contributed by atoms with Crippen molar-refractivity contribution in [1.29, 1.82) is 0 Å². The van der Waals surface area contributed by atoms with Crippen molar-refractivity contribution < 1.29 is 0 Å². The molecule has 0 amide bonds. The highest BCUT2D eigenvalue weighted by Crippen LogP contribution is 2.36. The van der Waals surface area contributed by atoms with Gasteiger partial charge in [0.25, 0.3) is 0 Å². The maximum absolute atomic E-state index is 4.93. The fourth-order valence-electron chi connectivity index (χ4n) is 5.94. The summed E-state index contributed by atoms with van der Waals surface area (Å²) in [6, 6.07) is 46.9. The number of rotatable bonds is 6. The van der Waals surface area contributed by atoms with E-state index in [1.165, 1.54) is 27.8 Å². The Morgan fingerprint density at radius 2 is 1.00 bits per heavy atom. The van der Waals surface area contributed by atoms with Crippen molar-refractivity contribution in [3.05, 3.63) is 169 Å². The van der Waals surface area contributed by atoms with E-state index >= 15 is 0 Å². The SMILES string of the molecule is Cc1nc(-c2ccc(-c3cccc(-c4ccccc4)c3)cc2)nc(-c2cccc(C3=CC(c4ccccc4)C(C)C=C3)c2)n1. The summed E-state index contributed by atoms with van der Waals surface area (Å²) in [5.41, 5.74) is 10.4. The van der Waals surface area contributed by atoms with Crippen molar-refractivity contribution in [2.45, 2.75) is 19.8 Å². The summed E-state index contributed by atoms with van der Waals surface area (Å²) in [6.07, 6.45) is 6.94. The van der Waals surface area contributed by atoms with Crippen molar-refractivity contribution >= 4 is 5.57 Å². The summed E-state index contributed by atoms with van der Waals surface area (Å²) in [6.45, 7) is 4.21. The average Bonchev–Trinajstić information content (AvgIpc) is 3.09. The first-order chi connectivity index (χ1) is 21.6. The molecule has 0 fully saturated rings. The van der Waals surface area contributed by atoms with Crippen LogP contribution in [-0.4, -0.2) is 15.0 Å². The van der Waals surface area contributed by atoms with E-state index in [1.54, 1.807) is 0 Å². The van der Waals surface area contributed by atoms with Crippen LogP contribution in [0.4, 0.5) is 0 Å². The molecule has 1 aliphatic rings. The molecule has 44 heavy (non-hydrogen) atoms. The van der Waals surface area contributed by atoms with Crippen LogP contribution in [0.2, 0.25) is 0 Å². The molecule has 3 nitrogen and oxygen atoms in total. The molecule has 1 aliphatic carbocycles. The summed E-state index contributed by atoms with van der Waals surface area (Å²) < 4.78 is 0. The standard InChI is InChI=1S/C41H33N3/c1-28-19-20-37(27-39(28)32-13-7-4-8-14-32)36-17-10-18-38(26-36)41-43-29(2)42-40(44-41)33-23-21-31(22-24-33)35-16-9-15-34(25-35)30-11-5-3-6-12-30/h3-28,39H,1-2H3. The van der Waals surface area contributed by atoms with Crippen molar-refractivity contribution in [2.75, 3.05) is 0 Å². The van der Waals surface area contributed by atoms with Gasteiger partial charge in [-0.15, -0.1) is 0 Å². The van der Waals surface area contributed by atoms with Gasteiger partial charge in [0.05, 0.1) is 0 Å². The first kappa shape index (κ1) is 27.4. The van der Waals surface area contributed by atoms with Gasteiger partial charge in [-0.1, -0.05) is 146 Å².